The lowest BCUT2D eigenvalue weighted by Crippen LogP contribution is -2.40. The van der Waals surface area contributed by atoms with E-state index < -0.39 is 41.3 Å². The summed E-state index contributed by atoms with van der Waals surface area (Å²) in [7, 11) is 0. The van der Waals surface area contributed by atoms with Crippen LogP contribution in [0.15, 0.2) is 58.1 Å². The second kappa shape index (κ2) is 10.4. The topological polar surface area (TPSA) is 107 Å². The molecule has 0 atom stereocenters. The standard InChI is InChI=1S/C25H24F4N4O3/c26-18-11-14(10-17(12-18)25(27,28)29)13-30-20-21(32-24(36)33-22(20)34)23(35)31-19-8-6-16(7-9-19)15-4-2-1-3-5-15/h1-5,10-12,16,19,30H,6-9,13H2,(H,31,35)(H2,32,33,34,36)/t16-,19-. The summed E-state index contributed by atoms with van der Waals surface area (Å²) in [5.74, 6) is -1.41. The number of nitrogens with one attached hydrogen (secondary N) is 4. The van der Waals surface area contributed by atoms with Crippen molar-refractivity contribution in [2.75, 3.05) is 5.32 Å². The lowest BCUT2D eigenvalue weighted by molar-refractivity contribution is -0.137. The molecule has 1 heterocycles. The van der Waals surface area contributed by atoms with Crippen LogP contribution in [0.5, 0.6) is 0 Å². The third-order valence-corrected chi connectivity index (χ3v) is 6.26. The summed E-state index contributed by atoms with van der Waals surface area (Å²) in [6.45, 7) is -0.390. The Labute approximate surface area is 203 Å². The highest BCUT2D eigenvalue weighted by Crippen LogP contribution is 2.33. The Hall–Kier alpha value is -3.89. The number of benzene rings is 2. The number of halogens is 4. The van der Waals surface area contributed by atoms with E-state index in [1.807, 2.05) is 23.2 Å². The first-order valence-electron chi connectivity index (χ1n) is 11.4. The van der Waals surface area contributed by atoms with Crippen LogP contribution in [0.4, 0.5) is 23.2 Å². The van der Waals surface area contributed by atoms with E-state index in [0.717, 1.165) is 25.0 Å². The van der Waals surface area contributed by atoms with Gasteiger partial charge >= 0.3 is 11.9 Å². The first-order valence-corrected chi connectivity index (χ1v) is 11.4. The van der Waals surface area contributed by atoms with E-state index in [1.54, 1.807) is 0 Å². The molecular weight excluding hydrogens is 480 g/mol. The van der Waals surface area contributed by atoms with Crippen LogP contribution in [-0.2, 0) is 12.7 Å². The van der Waals surface area contributed by atoms with Crippen molar-refractivity contribution in [3.05, 3.63) is 97.6 Å². The summed E-state index contributed by atoms with van der Waals surface area (Å²) in [5.41, 5.74) is -2.56. The number of carbonyl (C=O) groups is 1. The predicted octanol–water partition coefficient (Wildman–Crippen LogP) is 4.29. The number of hydrogen-bond donors (Lipinski definition) is 4. The molecule has 0 saturated heterocycles. The molecule has 2 aromatic carbocycles. The van der Waals surface area contributed by atoms with Crippen molar-refractivity contribution < 1.29 is 22.4 Å². The van der Waals surface area contributed by atoms with E-state index >= 15 is 0 Å². The minimum Gasteiger partial charge on any atom is -0.375 e. The quantitative estimate of drug-likeness (QED) is 0.376. The van der Waals surface area contributed by atoms with Crippen LogP contribution in [0.3, 0.4) is 0 Å². The molecule has 1 fully saturated rings. The highest BCUT2D eigenvalue weighted by Gasteiger charge is 2.31. The zero-order valence-electron chi connectivity index (χ0n) is 19.0. The lowest BCUT2D eigenvalue weighted by Gasteiger charge is -2.29. The molecule has 7 nitrogen and oxygen atoms in total. The number of hydrogen-bond acceptors (Lipinski definition) is 4. The van der Waals surface area contributed by atoms with Gasteiger partial charge in [-0.05, 0) is 60.9 Å². The third kappa shape index (κ3) is 6.02. The smallest absolute Gasteiger partial charge is 0.375 e. The van der Waals surface area contributed by atoms with Gasteiger partial charge in [0.05, 0.1) is 5.56 Å². The monoisotopic (exact) mass is 504 g/mol. The normalized spacial score (nSPS) is 18.0. The van der Waals surface area contributed by atoms with E-state index in [-0.39, 0.29) is 23.0 Å². The number of carbonyl (C=O) groups excluding carboxylic acids is 1. The number of amides is 1. The molecule has 1 saturated carbocycles. The van der Waals surface area contributed by atoms with Crippen LogP contribution in [0, 0.1) is 5.82 Å². The van der Waals surface area contributed by atoms with Crippen molar-refractivity contribution in [3.63, 3.8) is 0 Å². The minimum atomic E-state index is -4.75. The average molecular weight is 504 g/mol. The van der Waals surface area contributed by atoms with Crippen molar-refractivity contribution in [1.29, 1.82) is 0 Å². The van der Waals surface area contributed by atoms with Crippen LogP contribution < -0.4 is 21.9 Å². The van der Waals surface area contributed by atoms with E-state index in [9.17, 15) is 31.9 Å². The molecule has 1 aliphatic carbocycles. The molecule has 0 aliphatic heterocycles. The lowest BCUT2D eigenvalue weighted by atomic mass is 9.82. The van der Waals surface area contributed by atoms with Crippen LogP contribution in [-0.4, -0.2) is 21.9 Å². The van der Waals surface area contributed by atoms with Gasteiger partial charge in [0.25, 0.3) is 11.5 Å². The van der Waals surface area contributed by atoms with Gasteiger partial charge in [-0.3, -0.25) is 14.6 Å². The maximum atomic E-state index is 13.7. The van der Waals surface area contributed by atoms with Crippen molar-refractivity contribution in [2.45, 2.75) is 50.4 Å². The number of aromatic amines is 2. The largest absolute Gasteiger partial charge is 0.416 e. The van der Waals surface area contributed by atoms with Gasteiger partial charge in [0, 0.05) is 12.6 Å². The molecule has 0 radical (unpaired) electrons. The van der Waals surface area contributed by atoms with Crippen LogP contribution >= 0.6 is 0 Å². The van der Waals surface area contributed by atoms with Crippen LogP contribution in [0.25, 0.3) is 0 Å². The zero-order valence-corrected chi connectivity index (χ0v) is 19.0. The molecule has 190 valence electrons. The van der Waals surface area contributed by atoms with E-state index in [4.69, 9.17) is 0 Å². The highest BCUT2D eigenvalue weighted by atomic mass is 19.4. The number of H-pyrrole nitrogens is 2. The van der Waals surface area contributed by atoms with Crippen molar-refractivity contribution in [1.82, 2.24) is 15.3 Å². The molecule has 3 aromatic rings. The molecule has 36 heavy (non-hydrogen) atoms. The first kappa shape index (κ1) is 25.2. The Bertz CT molecular complexity index is 1340. The summed E-state index contributed by atoms with van der Waals surface area (Å²) in [4.78, 5) is 41.5. The van der Waals surface area contributed by atoms with Crippen LogP contribution in [0.2, 0.25) is 0 Å². The summed E-state index contributed by atoms with van der Waals surface area (Å²) >= 11 is 0. The van der Waals surface area contributed by atoms with Gasteiger partial charge in [0.1, 0.15) is 17.2 Å². The van der Waals surface area contributed by atoms with Crippen molar-refractivity contribution in [3.8, 4) is 0 Å². The summed E-state index contributed by atoms with van der Waals surface area (Å²) in [5, 5.41) is 5.40. The summed E-state index contributed by atoms with van der Waals surface area (Å²) < 4.78 is 52.7. The zero-order chi connectivity index (χ0) is 25.9. The van der Waals surface area contributed by atoms with Gasteiger partial charge in [0.15, 0.2) is 0 Å². The molecule has 1 aromatic heterocycles. The molecule has 0 bridgehead atoms. The van der Waals surface area contributed by atoms with Gasteiger partial charge in [-0.15, -0.1) is 0 Å². The maximum absolute atomic E-state index is 13.7. The number of aromatic nitrogens is 2. The molecule has 1 aliphatic rings. The molecule has 11 heteroatoms. The fourth-order valence-electron chi connectivity index (χ4n) is 4.49. The molecule has 1 amide bonds. The molecule has 0 spiro atoms. The molecular formula is C25H24F4N4O3. The number of rotatable bonds is 6. The Morgan fingerprint density at radius 1 is 0.972 bits per heavy atom. The fraction of sp³-hybridized carbons (Fsp3) is 0.320. The Balaban J connectivity index is 1.47. The van der Waals surface area contributed by atoms with Gasteiger partial charge in [0.2, 0.25) is 0 Å². The number of alkyl halides is 3. The number of anilines is 1. The highest BCUT2D eigenvalue weighted by molar-refractivity contribution is 5.97. The Morgan fingerprint density at radius 2 is 1.67 bits per heavy atom. The maximum Gasteiger partial charge on any atom is 0.416 e. The first-order chi connectivity index (χ1) is 17.1. The van der Waals surface area contributed by atoms with Gasteiger partial charge in [-0.2, -0.15) is 13.2 Å². The summed E-state index contributed by atoms with van der Waals surface area (Å²) in [6, 6.07) is 11.9. The minimum absolute atomic E-state index is 0.0986. The van der Waals surface area contributed by atoms with Crippen molar-refractivity contribution in [2.24, 2.45) is 0 Å². The molecule has 4 N–H and O–H groups in total. The van der Waals surface area contributed by atoms with Gasteiger partial charge < -0.3 is 15.6 Å². The Kier molecular flexibility index (Phi) is 7.27. The SMILES string of the molecule is O=C(N[C@H]1CC[C@H](c2ccccc2)CC1)c1[nH]c(=O)[nH]c(=O)c1NCc1cc(F)cc(C(F)(F)F)c1. The summed E-state index contributed by atoms with van der Waals surface area (Å²) in [6.07, 6.45) is -1.65. The molecule has 4 rings (SSSR count). The van der Waals surface area contributed by atoms with E-state index in [2.05, 4.69) is 27.8 Å². The predicted molar refractivity (Wildman–Crippen MR) is 125 cm³/mol. The second-order valence-electron chi connectivity index (χ2n) is 8.79. The van der Waals surface area contributed by atoms with Gasteiger partial charge in [-0.1, -0.05) is 30.3 Å². The Morgan fingerprint density at radius 3 is 2.33 bits per heavy atom. The third-order valence-electron chi connectivity index (χ3n) is 6.26. The van der Waals surface area contributed by atoms with E-state index in [0.29, 0.717) is 24.8 Å². The van der Waals surface area contributed by atoms with Crippen LogP contribution in [0.1, 0.15) is 58.8 Å². The van der Waals surface area contributed by atoms with Gasteiger partial charge in [-0.25, -0.2) is 9.18 Å². The van der Waals surface area contributed by atoms with Crippen molar-refractivity contribution >= 4 is 11.6 Å². The fourth-order valence-corrected chi connectivity index (χ4v) is 4.49. The molecule has 0 unspecified atom stereocenters. The second-order valence-corrected chi connectivity index (χ2v) is 8.79. The van der Waals surface area contributed by atoms with E-state index in [1.165, 1.54) is 5.56 Å². The average Bonchev–Trinajstić information content (AvgIpc) is 2.83.